The number of hydrogen-bond acceptors (Lipinski definition) is 2. The van der Waals surface area contributed by atoms with E-state index in [1.54, 1.807) is 17.4 Å². The van der Waals surface area contributed by atoms with Gasteiger partial charge in [0.05, 0.1) is 0 Å². The Hall–Kier alpha value is -2.44. The van der Waals surface area contributed by atoms with Crippen LogP contribution in [-0.4, -0.2) is 17.1 Å². The van der Waals surface area contributed by atoms with Crippen LogP contribution in [0.3, 0.4) is 0 Å². The molecular formula is C14H10F4N2O. The molecule has 0 fully saturated rings. The summed E-state index contributed by atoms with van der Waals surface area (Å²) in [7, 11) is 0. The van der Waals surface area contributed by atoms with Crippen molar-refractivity contribution in [3.05, 3.63) is 54.1 Å². The minimum Gasteiger partial charge on any atom is -0.344 e. The molecular weight excluding hydrogens is 288 g/mol. The number of alkyl halides is 3. The molecule has 1 amide bonds. The molecule has 0 aliphatic rings. The first-order valence-electron chi connectivity index (χ1n) is 5.92. The van der Waals surface area contributed by atoms with Crippen LogP contribution < -0.4 is 5.32 Å². The zero-order valence-corrected chi connectivity index (χ0v) is 10.6. The van der Waals surface area contributed by atoms with Crippen molar-refractivity contribution < 1.29 is 22.4 Å². The Balaban J connectivity index is 2.18. The second-order valence-electron chi connectivity index (χ2n) is 4.23. The van der Waals surface area contributed by atoms with Crippen molar-refractivity contribution in [3.63, 3.8) is 0 Å². The summed E-state index contributed by atoms with van der Waals surface area (Å²) in [6, 6.07) is 7.01. The lowest BCUT2D eigenvalue weighted by Gasteiger charge is -2.10. The van der Waals surface area contributed by atoms with Gasteiger partial charge in [-0.15, -0.1) is 0 Å². The number of benzene rings is 1. The highest BCUT2D eigenvalue weighted by atomic mass is 19.4. The molecule has 1 N–H and O–H groups in total. The average molecular weight is 298 g/mol. The van der Waals surface area contributed by atoms with E-state index in [4.69, 9.17) is 0 Å². The lowest BCUT2D eigenvalue weighted by Crippen LogP contribution is -2.36. The standard InChI is InChI=1S/C14H10F4N2O/c15-12-2-1-9(8-20-13(21)14(16,17)18)7-11(12)10-3-5-19-6-4-10/h1-7H,8H2,(H,20,21). The van der Waals surface area contributed by atoms with Gasteiger partial charge < -0.3 is 5.32 Å². The van der Waals surface area contributed by atoms with Gasteiger partial charge in [0.2, 0.25) is 0 Å². The minimum atomic E-state index is -4.94. The number of nitrogens with zero attached hydrogens (tertiary/aromatic N) is 1. The second-order valence-corrected chi connectivity index (χ2v) is 4.23. The maximum Gasteiger partial charge on any atom is 0.471 e. The van der Waals surface area contributed by atoms with Crippen molar-refractivity contribution in [3.8, 4) is 11.1 Å². The number of aromatic nitrogens is 1. The molecule has 1 aromatic heterocycles. The van der Waals surface area contributed by atoms with Crippen LogP contribution in [0.15, 0.2) is 42.7 Å². The van der Waals surface area contributed by atoms with E-state index in [-0.39, 0.29) is 12.1 Å². The lowest BCUT2D eigenvalue weighted by molar-refractivity contribution is -0.173. The highest BCUT2D eigenvalue weighted by Gasteiger charge is 2.38. The summed E-state index contributed by atoms with van der Waals surface area (Å²) in [6.07, 6.45) is -1.98. The molecule has 21 heavy (non-hydrogen) atoms. The normalized spacial score (nSPS) is 11.2. The quantitative estimate of drug-likeness (QED) is 0.885. The number of carbonyl (C=O) groups is 1. The van der Waals surface area contributed by atoms with Crippen LogP contribution in [0.1, 0.15) is 5.56 Å². The molecule has 7 heteroatoms. The molecule has 0 aliphatic heterocycles. The lowest BCUT2D eigenvalue weighted by atomic mass is 10.0. The average Bonchev–Trinajstić information content (AvgIpc) is 2.46. The van der Waals surface area contributed by atoms with Gasteiger partial charge in [-0.2, -0.15) is 13.2 Å². The Morgan fingerprint density at radius 3 is 2.43 bits per heavy atom. The molecule has 0 bridgehead atoms. The maximum absolute atomic E-state index is 13.8. The van der Waals surface area contributed by atoms with Crippen molar-refractivity contribution in [2.75, 3.05) is 0 Å². The highest BCUT2D eigenvalue weighted by Crippen LogP contribution is 2.23. The van der Waals surface area contributed by atoms with E-state index in [2.05, 4.69) is 4.98 Å². The van der Waals surface area contributed by atoms with E-state index < -0.39 is 17.9 Å². The number of hydrogen-bond donors (Lipinski definition) is 1. The molecule has 2 rings (SSSR count). The third-order valence-electron chi connectivity index (χ3n) is 2.73. The summed E-state index contributed by atoms with van der Waals surface area (Å²) in [5, 5.41) is 1.74. The monoisotopic (exact) mass is 298 g/mol. The molecule has 0 radical (unpaired) electrons. The Bertz CT molecular complexity index is 641. The fraction of sp³-hybridized carbons (Fsp3) is 0.143. The Morgan fingerprint density at radius 2 is 1.81 bits per heavy atom. The van der Waals surface area contributed by atoms with Gasteiger partial charge in [0.15, 0.2) is 0 Å². The number of amides is 1. The zero-order valence-electron chi connectivity index (χ0n) is 10.6. The van der Waals surface area contributed by atoms with Crippen LogP contribution in [0.5, 0.6) is 0 Å². The molecule has 0 atom stereocenters. The predicted molar refractivity (Wildman–Crippen MR) is 67.5 cm³/mol. The molecule has 0 saturated carbocycles. The van der Waals surface area contributed by atoms with Crippen LogP contribution in [0.4, 0.5) is 17.6 Å². The molecule has 110 valence electrons. The highest BCUT2D eigenvalue weighted by molar-refractivity contribution is 5.81. The minimum absolute atomic E-state index is 0.233. The number of rotatable bonds is 3. The van der Waals surface area contributed by atoms with Gasteiger partial charge in [0.1, 0.15) is 5.82 Å². The maximum atomic E-state index is 13.8. The van der Waals surface area contributed by atoms with E-state index in [1.165, 1.54) is 24.5 Å². The molecule has 0 unspecified atom stereocenters. The van der Waals surface area contributed by atoms with Crippen molar-refractivity contribution in [1.29, 1.82) is 0 Å². The molecule has 1 aromatic carbocycles. The summed E-state index contributed by atoms with van der Waals surface area (Å²) in [5.74, 6) is -2.54. The van der Waals surface area contributed by atoms with Crippen molar-refractivity contribution >= 4 is 5.91 Å². The first-order valence-corrected chi connectivity index (χ1v) is 5.92. The fourth-order valence-electron chi connectivity index (χ4n) is 1.72. The van der Waals surface area contributed by atoms with E-state index in [0.29, 0.717) is 11.1 Å². The summed E-state index contributed by atoms with van der Waals surface area (Å²) in [4.78, 5) is 14.5. The summed E-state index contributed by atoms with van der Waals surface area (Å²) >= 11 is 0. The molecule has 0 aliphatic carbocycles. The van der Waals surface area contributed by atoms with E-state index in [9.17, 15) is 22.4 Å². The number of carbonyl (C=O) groups excluding carboxylic acids is 1. The van der Waals surface area contributed by atoms with Crippen LogP contribution in [-0.2, 0) is 11.3 Å². The van der Waals surface area contributed by atoms with Gasteiger partial charge in [0, 0.05) is 24.5 Å². The van der Waals surface area contributed by atoms with E-state index >= 15 is 0 Å². The van der Waals surface area contributed by atoms with Crippen LogP contribution in [0, 0.1) is 5.82 Å². The third-order valence-corrected chi connectivity index (χ3v) is 2.73. The first kappa shape index (κ1) is 15.0. The molecule has 1 heterocycles. The molecule has 0 spiro atoms. The van der Waals surface area contributed by atoms with Crippen molar-refractivity contribution in [1.82, 2.24) is 10.3 Å². The predicted octanol–water partition coefficient (Wildman–Crippen LogP) is 3.07. The van der Waals surface area contributed by atoms with Crippen molar-refractivity contribution in [2.24, 2.45) is 0 Å². The van der Waals surface area contributed by atoms with Gasteiger partial charge in [-0.1, -0.05) is 6.07 Å². The fourth-order valence-corrected chi connectivity index (χ4v) is 1.72. The Morgan fingerprint density at radius 1 is 1.14 bits per heavy atom. The molecule has 3 nitrogen and oxygen atoms in total. The summed E-state index contributed by atoms with van der Waals surface area (Å²) in [6.45, 7) is -0.337. The van der Waals surface area contributed by atoms with Crippen LogP contribution in [0.25, 0.3) is 11.1 Å². The Kier molecular flexibility index (Phi) is 4.21. The van der Waals surface area contributed by atoms with Crippen LogP contribution in [0.2, 0.25) is 0 Å². The SMILES string of the molecule is O=C(NCc1ccc(F)c(-c2ccncc2)c1)C(F)(F)F. The van der Waals surface area contributed by atoms with Gasteiger partial charge >= 0.3 is 12.1 Å². The third kappa shape index (κ3) is 3.77. The summed E-state index contributed by atoms with van der Waals surface area (Å²) in [5.41, 5.74) is 1.14. The Labute approximate surface area is 117 Å². The number of pyridine rings is 1. The smallest absolute Gasteiger partial charge is 0.344 e. The van der Waals surface area contributed by atoms with Crippen molar-refractivity contribution in [2.45, 2.75) is 12.7 Å². The first-order chi connectivity index (χ1) is 9.88. The second kappa shape index (κ2) is 5.90. The topological polar surface area (TPSA) is 42.0 Å². The van der Waals surface area contributed by atoms with Gasteiger partial charge in [-0.25, -0.2) is 4.39 Å². The zero-order chi connectivity index (χ0) is 15.5. The molecule has 2 aromatic rings. The van der Waals surface area contributed by atoms with E-state index in [0.717, 1.165) is 6.07 Å². The van der Waals surface area contributed by atoms with Gasteiger partial charge in [-0.3, -0.25) is 9.78 Å². The molecule has 0 saturated heterocycles. The number of nitrogens with one attached hydrogen (secondary N) is 1. The van der Waals surface area contributed by atoms with Crippen LogP contribution >= 0.6 is 0 Å². The van der Waals surface area contributed by atoms with Gasteiger partial charge in [0.25, 0.3) is 0 Å². The van der Waals surface area contributed by atoms with Gasteiger partial charge in [-0.05, 0) is 35.4 Å². The largest absolute Gasteiger partial charge is 0.471 e. The summed E-state index contributed by atoms with van der Waals surface area (Å²) < 4.78 is 50.0. The number of halogens is 4. The van der Waals surface area contributed by atoms with E-state index in [1.807, 2.05) is 0 Å².